The topological polar surface area (TPSA) is 21.7 Å². The molecule has 0 spiro atoms. The number of hydrogen-bond acceptors (Lipinski definition) is 3. The Labute approximate surface area is 88.2 Å². The highest BCUT2D eigenvalue weighted by atomic mass is 35.5. The summed E-state index contributed by atoms with van der Waals surface area (Å²) in [5.74, 6) is 2.24. The molecule has 1 aliphatic heterocycles. The van der Waals surface area contributed by atoms with Crippen molar-refractivity contribution in [2.75, 3.05) is 31.2 Å². The largest absolute Gasteiger partial charge is 0.454 e. The third-order valence-corrected chi connectivity index (χ3v) is 2.39. The zero-order chi connectivity index (χ0) is 9.97. The molecule has 1 aromatic rings. The van der Waals surface area contributed by atoms with Crippen LogP contribution in [0.15, 0.2) is 18.2 Å². The number of nitrogens with zero attached hydrogens (tertiary/aromatic N) is 1. The van der Waals surface area contributed by atoms with Gasteiger partial charge in [0.05, 0.1) is 0 Å². The second-order valence-electron chi connectivity index (χ2n) is 3.15. The van der Waals surface area contributed by atoms with Gasteiger partial charge >= 0.3 is 0 Å². The van der Waals surface area contributed by atoms with E-state index in [9.17, 15) is 0 Å². The van der Waals surface area contributed by atoms with Crippen molar-refractivity contribution >= 4 is 17.3 Å². The predicted octanol–water partition coefficient (Wildman–Crippen LogP) is 2.09. The number of hydrogen-bond donors (Lipinski definition) is 0. The lowest BCUT2D eigenvalue weighted by Gasteiger charge is -2.17. The molecule has 1 aromatic carbocycles. The number of alkyl halides is 1. The number of benzene rings is 1. The molecule has 2 rings (SSSR count). The van der Waals surface area contributed by atoms with Crippen LogP contribution in [0.2, 0.25) is 0 Å². The van der Waals surface area contributed by atoms with Gasteiger partial charge in [-0.05, 0) is 12.1 Å². The van der Waals surface area contributed by atoms with Gasteiger partial charge in [-0.1, -0.05) is 0 Å². The predicted molar refractivity (Wildman–Crippen MR) is 56.6 cm³/mol. The van der Waals surface area contributed by atoms with Gasteiger partial charge < -0.3 is 14.4 Å². The summed E-state index contributed by atoms with van der Waals surface area (Å²) in [7, 11) is 2.00. The van der Waals surface area contributed by atoms with Crippen molar-refractivity contribution in [3.8, 4) is 11.5 Å². The molecule has 0 saturated heterocycles. The Bertz CT molecular complexity index is 330. The zero-order valence-corrected chi connectivity index (χ0v) is 8.75. The highest BCUT2D eigenvalue weighted by Gasteiger charge is 2.14. The third-order valence-electron chi connectivity index (χ3n) is 2.22. The summed E-state index contributed by atoms with van der Waals surface area (Å²) < 4.78 is 10.5. The lowest BCUT2D eigenvalue weighted by molar-refractivity contribution is 0.174. The van der Waals surface area contributed by atoms with Gasteiger partial charge in [0.25, 0.3) is 0 Å². The second-order valence-corrected chi connectivity index (χ2v) is 3.53. The monoisotopic (exact) mass is 213 g/mol. The highest BCUT2D eigenvalue weighted by Crippen LogP contribution is 2.35. The van der Waals surface area contributed by atoms with Crippen LogP contribution in [0.25, 0.3) is 0 Å². The van der Waals surface area contributed by atoms with Gasteiger partial charge in [-0.2, -0.15) is 0 Å². The van der Waals surface area contributed by atoms with E-state index in [1.54, 1.807) is 0 Å². The number of halogens is 1. The van der Waals surface area contributed by atoms with Crippen molar-refractivity contribution in [3.05, 3.63) is 18.2 Å². The number of fused-ring (bicyclic) bond motifs is 1. The van der Waals surface area contributed by atoms with Crippen LogP contribution in [-0.2, 0) is 0 Å². The van der Waals surface area contributed by atoms with Crippen molar-refractivity contribution in [3.63, 3.8) is 0 Å². The van der Waals surface area contributed by atoms with Crippen molar-refractivity contribution < 1.29 is 9.47 Å². The van der Waals surface area contributed by atoms with Crippen molar-refractivity contribution in [2.24, 2.45) is 0 Å². The quantitative estimate of drug-likeness (QED) is 0.718. The Morgan fingerprint density at radius 2 is 2.14 bits per heavy atom. The van der Waals surface area contributed by atoms with E-state index in [1.807, 2.05) is 25.2 Å². The van der Waals surface area contributed by atoms with E-state index >= 15 is 0 Å². The molecule has 1 aliphatic rings. The molecule has 3 nitrogen and oxygen atoms in total. The van der Waals surface area contributed by atoms with Gasteiger partial charge in [0.1, 0.15) is 0 Å². The fraction of sp³-hybridized carbons (Fsp3) is 0.400. The molecule has 0 unspecified atom stereocenters. The molecule has 0 bridgehead atoms. The normalized spacial score (nSPS) is 13.0. The third kappa shape index (κ3) is 1.73. The number of ether oxygens (including phenoxy) is 2. The van der Waals surface area contributed by atoms with Crippen LogP contribution in [0.4, 0.5) is 5.69 Å². The first-order valence-electron chi connectivity index (χ1n) is 4.48. The fourth-order valence-electron chi connectivity index (χ4n) is 1.38. The highest BCUT2D eigenvalue weighted by molar-refractivity contribution is 6.18. The van der Waals surface area contributed by atoms with Crippen LogP contribution in [0.5, 0.6) is 11.5 Å². The maximum atomic E-state index is 5.67. The molecule has 0 aromatic heterocycles. The van der Waals surface area contributed by atoms with Crippen LogP contribution in [0.1, 0.15) is 0 Å². The average Bonchev–Trinajstić information content (AvgIpc) is 2.64. The maximum absolute atomic E-state index is 5.67. The van der Waals surface area contributed by atoms with E-state index in [0.717, 1.165) is 23.7 Å². The molecule has 0 fully saturated rings. The average molecular weight is 214 g/mol. The van der Waals surface area contributed by atoms with Crippen molar-refractivity contribution in [2.45, 2.75) is 0 Å². The molecule has 0 N–H and O–H groups in total. The van der Waals surface area contributed by atoms with Crippen LogP contribution >= 0.6 is 11.6 Å². The van der Waals surface area contributed by atoms with Gasteiger partial charge in [-0.25, -0.2) is 0 Å². The van der Waals surface area contributed by atoms with E-state index in [-0.39, 0.29) is 0 Å². The summed E-state index contributed by atoms with van der Waals surface area (Å²) in [6, 6.07) is 5.89. The van der Waals surface area contributed by atoms with Crippen molar-refractivity contribution in [1.29, 1.82) is 0 Å². The first kappa shape index (κ1) is 9.46. The van der Waals surface area contributed by atoms with Crippen LogP contribution in [-0.4, -0.2) is 26.3 Å². The van der Waals surface area contributed by atoms with Gasteiger partial charge in [-0.3, -0.25) is 0 Å². The van der Waals surface area contributed by atoms with E-state index < -0.39 is 0 Å². The molecule has 14 heavy (non-hydrogen) atoms. The molecule has 0 saturated carbocycles. The number of anilines is 1. The fourth-order valence-corrected chi connectivity index (χ4v) is 1.63. The smallest absolute Gasteiger partial charge is 0.231 e. The summed E-state index contributed by atoms with van der Waals surface area (Å²) in [5, 5.41) is 0. The molecule has 0 atom stereocenters. The summed E-state index contributed by atoms with van der Waals surface area (Å²) in [5.41, 5.74) is 1.09. The Morgan fingerprint density at radius 1 is 1.36 bits per heavy atom. The molecular weight excluding hydrogens is 202 g/mol. The first-order chi connectivity index (χ1) is 6.81. The van der Waals surface area contributed by atoms with E-state index in [0.29, 0.717) is 12.7 Å². The Kier molecular flexibility index (Phi) is 2.68. The molecular formula is C10H12ClNO2. The molecule has 1 heterocycles. The van der Waals surface area contributed by atoms with E-state index in [1.165, 1.54) is 0 Å². The summed E-state index contributed by atoms with van der Waals surface area (Å²) in [4.78, 5) is 2.08. The molecule has 0 amide bonds. The molecule has 0 aliphatic carbocycles. The van der Waals surface area contributed by atoms with E-state index in [2.05, 4.69) is 4.90 Å². The Hall–Kier alpha value is -1.09. The lowest BCUT2D eigenvalue weighted by atomic mass is 10.2. The van der Waals surface area contributed by atoms with Crippen LogP contribution in [0.3, 0.4) is 0 Å². The Balaban J connectivity index is 2.19. The first-order valence-corrected chi connectivity index (χ1v) is 5.01. The van der Waals surface area contributed by atoms with Crippen molar-refractivity contribution in [1.82, 2.24) is 0 Å². The number of rotatable bonds is 3. The minimum Gasteiger partial charge on any atom is -0.454 e. The minimum atomic E-state index is 0.317. The van der Waals surface area contributed by atoms with E-state index in [4.69, 9.17) is 21.1 Å². The zero-order valence-electron chi connectivity index (χ0n) is 8.00. The SMILES string of the molecule is CN(CCCl)c1ccc2c(c1)OCO2. The molecule has 4 heteroatoms. The van der Waals surface area contributed by atoms with Gasteiger partial charge in [0.15, 0.2) is 11.5 Å². The van der Waals surface area contributed by atoms with Gasteiger partial charge in [0.2, 0.25) is 6.79 Å². The summed E-state index contributed by atoms with van der Waals surface area (Å²) in [6.07, 6.45) is 0. The van der Waals surface area contributed by atoms with Crippen LogP contribution in [0, 0.1) is 0 Å². The van der Waals surface area contributed by atoms with Gasteiger partial charge in [0, 0.05) is 31.2 Å². The summed E-state index contributed by atoms with van der Waals surface area (Å²) in [6.45, 7) is 1.14. The Morgan fingerprint density at radius 3 is 2.93 bits per heavy atom. The minimum absolute atomic E-state index is 0.317. The second kappa shape index (κ2) is 3.96. The summed E-state index contributed by atoms with van der Waals surface area (Å²) >= 11 is 5.67. The van der Waals surface area contributed by atoms with Gasteiger partial charge in [-0.15, -0.1) is 11.6 Å². The molecule has 0 radical (unpaired) electrons. The standard InChI is InChI=1S/C10H12ClNO2/c1-12(5-4-11)8-2-3-9-10(6-8)14-7-13-9/h2-3,6H,4-5,7H2,1H3. The molecule has 76 valence electrons. The van der Waals surface area contributed by atoms with Crippen LogP contribution < -0.4 is 14.4 Å². The lowest BCUT2D eigenvalue weighted by Crippen LogP contribution is -2.19. The maximum Gasteiger partial charge on any atom is 0.231 e.